The van der Waals surface area contributed by atoms with Crippen LogP contribution in [0.5, 0.6) is 5.75 Å². The van der Waals surface area contributed by atoms with E-state index in [9.17, 15) is 0 Å². The van der Waals surface area contributed by atoms with Gasteiger partial charge in [0.1, 0.15) is 12.4 Å². The lowest BCUT2D eigenvalue weighted by Gasteiger charge is -2.12. The van der Waals surface area contributed by atoms with Crippen molar-refractivity contribution in [3.8, 4) is 5.75 Å². The predicted molar refractivity (Wildman–Crippen MR) is 70.6 cm³/mol. The normalized spacial score (nSPS) is 12.8. The van der Waals surface area contributed by atoms with Crippen molar-refractivity contribution in [3.63, 3.8) is 0 Å². The van der Waals surface area contributed by atoms with Gasteiger partial charge in [0.15, 0.2) is 0 Å². The molecule has 0 aliphatic rings. The summed E-state index contributed by atoms with van der Waals surface area (Å²) in [5, 5.41) is 13.0. The maximum Gasteiger partial charge on any atom is 0.138 e. The van der Waals surface area contributed by atoms with Gasteiger partial charge in [-0.05, 0) is 24.6 Å². The third-order valence-corrected chi connectivity index (χ3v) is 2.49. The number of rotatable bonds is 6. The summed E-state index contributed by atoms with van der Waals surface area (Å²) in [6.45, 7) is 6.91. The van der Waals surface area contributed by atoms with Crippen LogP contribution in [0.4, 0.5) is 0 Å². The molecular weight excluding hydrogens is 238 g/mol. The molecule has 1 atom stereocenters. The molecule has 96 valence electrons. The standard InChI is InChI=1S/C13H20ClNO2/c1-9(2)15-7-11-4-5-13(12(14)6-11)17-8-10(3)16/h4-6,9-10,15-16H,7-8H2,1-3H3. The van der Waals surface area contributed by atoms with Crippen LogP contribution in [0.15, 0.2) is 18.2 Å². The molecule has 0 aliphatic heterocycles. The van der Waals surface area contributed by atoms with E-state index in [0.29, 0.717) is 16.8 Å². The van der Waals surface area contributed by atoms with Crippen molar-refractivity contribution in [2.75, 3.05) is 6.61 Å². The van der Waals surface area contributed by atoms with E-state index in [4.69, 9.17) is 21.4 Å². The second kappa shape index (κ2) is 6.84. The van der Waals surface area contributed by atoms with Crippen LogP contribution in [0.25, 0.3) is 0 Å². The summed E-state index contributed by atoms with van der Waals surface area (Å²) < 4.78 is 5.38. The molecule has 0 bridgehead atoms. The lowest BCUT2D eigenvalue weighted by molar-refractivity contribution is 0.123. The van der Waals surface area contributed by atoms with Crippen molar-refractivity contribution in [1.29, 1.82) is 0 Å². The largest absolute Gasteiger partial charge is 0.489 e. The number of aliphatic hydroxyl groups is 1. The molecule has 0 fully saturated rings. The van der Waals surface area contributed by atoms with Gasteiger partial charge in [-0.3, -0.25) is 0 Å². The fraction of sp³-hybridized carbons (Fsp3) is 0.538. The molecule has 0 saturated carbocycles. The summed E-state index contributed by atoms with van der Waals surface area (Å²) in [6.07, 6.45) is -0.492. The first-order valence-electron chi connectivity index (χ1n) is 5.81. The lowest BCUT2D eigenvalue weighted by atomic mass is 10.2. The Bertz CT molecular complexity index is 353. The van der Waals surface area contributed by atoms with E-state index in [1.807, 2.05) is 18.2 Å². The first-order chi connectivity index (χ1) is 7.99. The SMILES string of the molecule is CC(O)COc1ccc(CNC(C)C)cc1Cl. The van der Waals surface area contributed by atoms with Crippen LogP contribution in [0.1, 0.15) is 26.3 Å². The fourth-order valence-corrected chi connectivity index (χ4v) is 1.56. The maximum absolute atomic E-state index is 9.13. The van der Waals surface area contributed by atoms with E-state index < -0.39 is 6.10 Å². The Balaban J connectivity index is 2.59. The molecule has 0 radical (unpaired) electrons. The summed E-state index contributed by atoms with van der Waals surface area (Å²) in [7, 11) is 0. The maximum atomic E-state index is 9.13. The zero-order valence-electron chi connectivity index (χ0n) is 10.5. The van der Waals surface area contributed by atoms with Crippen LogP contribution in [-0.2, 0) is 6.54 Å². The minimum atomic E-state index is -0.492. The first kappa shape index (κ1) is 14.3. The zero-order chi connectivity index (χ0) is 12.8. The molecule has 0 aliphatic carbocycles. The van der Waals surface area contributed by atoms with Gasteiger partial charge in [-0.2, -0.15) is 0 Å². The van der Waals surface area contributed by atoms with E-state index in [1.165, 1.54) is 0 Å². The van der Waals surface area contributed by atoms with Gasteiger partial charge in [-0.15, -0.1) is 0 Å². The van der Waals surface area contributed by atoms with E-state index in [0.717, 1.165) is 12.1 Å². The highest BCUT2D eigenvalue weighted by atomic mass is 35.5. The third kappa shape index (κ3) is 5.39. The lowest BCUT2D eigenvalue weighted by Crippen LogP contribution is -2.21. The first-order valence-corrected chi connectivity index (χ1v) is 6.19. The average molecular weight is 258 g/mol. The molecule has 0 saturated heterocycles. The Morgan fingerprint density at radius 3 is 2.59 bits per heavy atom. The van der Waals surface area contributed by atoms with Crippen molar-refractivity contribution in [2.24, 2.45) is 0 Å². The Hall–Kier alpha value is -0.770. The van der Waals surface area contributed by atoms with E-state index >= 15 is 0 Å². The van der Waals surface area contributed by atoms with Crippen molar-refractivity contribution in [3.05, 3.63) is 28.8 Å². The van der Waals surface area contributed by atoms with Gasteiger partial charge >= 0.3 is 0 Å². The Morgan fingerprint density at radius 2 is 2.06 bits per heavy atom. The topological polar surface area (TPSA) is 41.5 Å². The van der Waals surface area contributed by atoms with E-state index in [-0.39, 0.29) is 6.61 Å². The molecule has 1 rings (SSSR count). The second-order valence-electron chi connectivity index (χ2n) is 4.46. The van der Waals surface area contributed by atoms with Crippen molar-refractivity contribution in [2.45, 2.75) is 39.5 Å². The number of halogens is 1. The minimum Gasteiger partial charge on any atom is -0.489 e. The molecule has 4 heteroatoms. The molecule has 1 aromatic carbocycles. The van der Waals surface area contributed by atoms with Gasteiger partial charge in [0.05, 0.1) is 11.1 Å². The number of hydrogen-bond acceptors (Lipinski definition) is 3. The number of benzene rings is 1. The summed E-state index contributed by atoms with van der Waals surface area (Å²) >= 11 is 6.09. The average Bonchev–Trinajstić information content (AvgIpc) is 2.24. The molecule has 17 heavy (non-hydrogen) atoms. The molecule has 1 aromatic rings. The number of hydrogen-bond donors (Lipinski definition) is 2. The molecular formula is C13H20ClNO2. The van der Waals surface area contributed by atoms with Crippen LogP contribution in [0, 0.1) is 0 Å². The van der Waals surface area contributed by atoms with Gasteiger partial charge in [-0.1, -0.05) is 31.5 Å². The summed E-state index contributed by atoms with van der Waals surface area (Å²) in [5.41, 5.74) is 1.12. The Morgan fingerprint density at radius 1 is 1.35 bits per heavy atom. The molecule has 0 aromatic heterocycles. The second-order valence-corrected chi connectivity index (χ2v) is 4.87. The Labute approximate surface area is 108 Å². The van der Waals surface area contributed by atoms with Crippen molar-refractivity contribution in [1.82, 2.24) is 5.32 Å². The molecule has 3 nitrogen and oxygen atoms in total. The highest BCUT2D eigenvalue weighted by molar-refractivity contribution is 6.32. The van der Waals surface area contributed by atoms with Crippen LogP contribution < -0.4 is 10.1 Å². The van der Waals surface area contributed by atoms with Gasteiger partial charge in [-0.25, -0.2) is 0 Å². The molecule has 1 unspecified atom stereocenters. The number of aliphatic hydroxyl groups excluding tert-OH is 1. The number of nitrogens with one attached hydrogen (secondary N) is 1. The zero-order valence-corrected chi connectivity index (χ0v) is 11.3. The Kier molecular flexibility index (Phi) is 5.75. The van der Waals surface area contributed by atoms with Crippen LogP contribution in [0.3, 0.4) is 0 Å². The molecule has 0 amide bonds. The minimum absolute atomic E-state index is 0.253. The van der Waals surface area contributed by atoms with Gasteiger partial charge in [0, 0.05) is 12.6 Å². The molecule has 0 heterocycles. The summed E-state index contributed by atoms with van der Waals surface area (Å²) in [4.78, 5) is 0. The smallest absolute Gasteiger partial charge is 0.138 e. The van der Waals surface area contributed by atoms with Gasteiger partial charge in [0.25, 0.3) is 0 Å². The number of ether oxygens (including phenoxy) is 1. The molecule has 2 N–H and O–H groups in total. The highest BCUT2D eigenvalue weighted by Gasteiger charge is 2.05. The van der Waals surface area contributed by atoms with Crippen LogP contribution in [0.2, 0.25) is 5.02 Å². The van der Waals surface area contributed by atoms with Gasteiger partial charge in [0.2, 0.25) is 0 Å². The fourth-order valence-electron chi connectivity index (χ4n) is 1.30. The van der Waals surface area contributed by atoms with Crippen molar-refractivity contribution < 1.29 is 9.84 Å². The van der Waals surface area contributed by atoms with E-state index in [1.54, 1.807) is 6.92 Å². The molecule has 0 spiro atoms. The van der Waals surface area contributed by atoms with Crippen LogP contribution >= 0.6 is 11.6 Å². The van der Waals surface area contributed by atoms with Crippen LogP contribution in [-0.4, -0.2) is 23.9 Å². The van der Waals surface area contributed by atoms with Gasteiger partial charge < -0.3 is 15.2 Å². The predicted octanol–water partition coefficient (Wildman–Crippen LogP) is 2.60. The quantitative estimate of drug-likeness (QED) is 0.823. The van der Waals surface area contributed by atoms with Crippen molar-refractivity contribution >= 4 is 11.6 Å². The summed E-state index contributed by atoms with van der Waals surface area (Å²) in [6, 6.07) is 6.13. The summed E-state index contributed by atoms with van der Waals surface area (Å²) in [5.74, 6) is 0.612. The highest BCUT2D eigenvalue weighted by Crippen LogP contribution is 2.25. The monoisotopic (exact) mass is 257 g/mol. The third-order valence-electron chi connectivity index (χ3n) is 2.19. The van der Waals surface area contributed by atoms with E-state index in [2.05, 4.69) is 19.2 Å².